The minimum Gasteiger partial charge on any atom is -0.478 e. The fourth-order valence-electron chi connectivity index (χ4n) is 6.48. The second-order valence-corrected chi connectivity index (χ2v) is 13.0. The van der Waals surface area contributed by atoms with Gasteiger partial charge >= 0.3 is 24.4 Å². The van der Waals surface area contributed by atoms with E-state index in [1.54, 1.807) is 6.92 Å². The maximum atomic E-state index is 15.5. The molecular weight excluding hydrogens is 631 g/mol. The summed E-state index contributed by atoms with van der Waals surface area (Å²) in [5.41, 5.74) is -1.42. The molecule has 1 saturated heterocycles. The Morgan fingerprint density at radius 1 is 0.979 bits per heavy atom. The number of carboxylic acids is 1. The average molecular weight is 664 g/mol. The first-order chi connectivity index (χ1) is 21.7. The van der Waals surface area contributed by atoms with E-state index in [4.69, 9.17) is 4.74 Å². The topological polar surface area (TPSA) is 66.8 Å². The number of aryl methyl sites for hydroxylation is 1. The molecule has 47 heavy (non-hydrogen) atoms. The summed E-state index contributed by atoms with van der Waals surface area (Å²) in [7, 11) is 0. The molecule has 0 bridgehead atoms. The van der Waals surface area contributed by atoms with E-state index in [1.807, 2.05) is 13.8 Å². The zero-order chi connectivity index (χ0) is 34.6. The number of rotatable bonds is 6. The van der Waals surface area contributed by atoms with Gasteiger partial charge in [0.2, 0.25) is 0 Å². The summed E-state index contributed by atoms with van der Waals surface area (Å²) in [5.74, 6) is -2.22. The van der Waals surface area contributed by atoms with Gasteiger partial charge in [0.1, 0.15) is 11.9 Å². The number of ether oxygens (including phenoxy) is 1. The highest BCUT2D eigenvalue weighted by molar-refractivity contribution is 5.89. The van der Waals surface area contributed by atoms with Gasteiger partial charge in [-0.1, -0.05) is 37.6 Å². The van der Waals surface area contributed by atoms with E-state index in [9.17, 15) is 41.0 Å². The zero-order valence-electron chi connectivity index (χ0n) is 25.9. The molecule has 2 atom stereocenters. The fourth-order valence-corrected chi connectivity index (χ4v) is 6.48. The van der Waals surface area contributed by atoms with Gasteiger partial charge in [0.25, 0.3) is 0 Å². The van der Waals surface area contributed by atoms with Crippen LogP contribution in [-0.2, 0) is 17.1 Å². The maximum Gasteiger partial charge on any atom is 0.417 e. The van der Waals surface area contributed by atoms with E-state index in [1.165, 1.54) is 30.0 Å². The predicted molar refractivity (Wildman–Crippen MR) is 160 cm³/mol. The van der Waals surface area contributed by atoms with Gasteiger partial charge in [-0.25, -0.2) is 14.0 Å². The molecule has 3 aromatic carbocycles. The highest BCUT2D eigenvalue weighted by Gasteiger charge is 2.43. The Labute approximate surface area is 266 Å². The molecule has 1 fully saturated rings. The molecular formula is C35H32F7NO4. The SMILES string of the molecule is Cc1cc([C@H]2OC(=O)N(CC3=C(c4cc(-c5ccc(C(=O)O)cc5C(F)(F)F)ccc4F)CCC(C)(C)C3)[C@H]2C)cc(C(F)(F)F)c1. The van der Waals surface area contributed by atoms with Crippen molar-refractivity contribution >= 4 is 17.6 Å². The van der Waals surface area contributed by atoms with Crippen LogP contribution in [0.4, 0.5) is 35.5 Å². The highest BCUT2D eigenvalue weighted by atomic mass is 19.4. The van der Waals surface area contributed by atoms with Gasteiger partial charge in [-0.3, -0.25) is 4.90 Å². The number of nitrogens with zero attached hydrogens (tertiary/aromatic N) is 1. The molecule has 12 heteroatoms. The van der Waals surface area contributed by atoms with Crippen LogP contribution in [0, 0.1) is 18.2 Å². The minimum atomic E-state index is -4.89. The van der Waals surface area contributed by atoms with Crippen molar-refractivity contribution in [1.29, 1.82) is 0 Å². The molecule has 1 amide bonds. The number of hydrogen-bond donors (Lipinski definition) is 1. The number of carbonyl (C=O) groups excluding carboxylic acids is 1. The Morgan fingerprint density at radius 3 is 2.32 bits per heavy atom. The quantitative estimate of drug-likeness (QED) is 0.267. The number of cyclic esters (lactones) is 1. The molecule has 1 aliphatic carbocycles. The van der Waals surface area contributed by atoms with E-state index in [-0.39, 0.29) is 34.2 Å². The predicted octanol–water partition coefficient (Wildman–Crippen LogP) is 10.1. The van der Waals surface area contributed by atoms with Gasteiger partial charge < -0.3 is 9.84 Å². The number of carboxylic acid groups (broad SMARTS) is 1. The molecule has 3 aromatic rings. The third-order valence-electron chi connectivity index (χ3n) is 8.85. The molecule has 0 aromatic heterocycles. The Balaban J connectivity index is 1.55. The summed E-state index contributed by atoms with van der Waals surface area (Å²) in [5, 5.41) is 9.25. The zero-order valence-corrected chi connectivity index (χ0v) is 25.9. The molecule has 250 valence electrons. The van der Waals surface area contributed by atoms with Crippen molar-refractivity contribution < 1.29 is 50.2 Å². The molecule has 1 N–H and O–H groups in total. The van der Waals surface area contributed by atoms with Gasteiger partial charge in [0.15, 0.2) is 0 Å². The normalized spacial score (nSPS) is 20.1. The van der Waals surface area contributed by atoms with Crippen molar-refractivity contribution in [1.82, 2.24) is 4.90 Å². The number of alkyl halides is 6. The molecule has 1 aliphatic heterocycles. The van der Waals surface area contributed by atoms with Crippen molar-refractivity contribution in [2.24, 2.45) is 5.41 Å². The molecule has 0 unspecified atom stereocenters. The lowest BCUT2D eigenvalue weighted by molar-refractivity contribution is -0.138. The molecule has 5 nitrogen and oxygen atoms in total. The lowest BCUT2D eigenvalue weighted by Crippen LogP contribution is -2.35. The van der Waals surface area contributed by atoms with Crippen LogP contribution in [0.1, 0.15) is 84.3 Å². The van der Waals surface area contributed by atoms with E-state index in [0.29, 0.717) is 42.0 Å². The van der Waals surface area contributed by atoms with Crippen LogP contribution in [-0.4, -0.2) is 34.7 Å². The van der Waals surface area contributed by atoms with Crippen LogP contribution in [0.5, 0.6) is 0 Å². The van der Waals surface area contributed by atoms with Gasteiger partial charge in [-0.15, -0.1) is 0 Å². The fraction of sp³-hybridized carbons (Fsp3) is 0.371. The average Bonchev–Trinajstić information content (AvgIpc) is 3.24. The summed E-state index contributed by atoms with van der Waals surface area (Å²) in [6.07, 6.45) is -9.87. The largest absolute Gasteiger partial charge is 0.478 e. The number of allylic oxidation sites excluding steroid dienone is 1. The van der Waals surface area contributed by atoms with Crippen LogP contribution >= 0.6 is 0 Å². The Morgan fingerprint density at radius 2 is 1.68 bits per heavy atom. The van der Waals surface area contributed by atoms with Crippen molar-refractivity contribution in [2.45, 2.75) is 71.5 Å². The number of carbonyl (C=O) groups is 2. The summed E-state index contributed by atoms with van der Waals surface area (Å²) in [6.45, 7) is 7.13. The lowest BCUT2D eigenvalue weighted by atomic mass is 9.72. The number of amides is 1. The van der Waals surface area contributed by atoms with Gasteiger partial charge in [-0.05, 0) is 103 Å². The smallest absolute Gasteiger partial charge is 0.417 e. The maximum absolute atomic E-state index is 15.5. The molecule has 0 saturated carbocycles. The Bertz CT molecular complexity index is 1770. The van der Waals surface area contributed by atoms with E-state index in [2.05, 4.69) is 0 Å². The number of benzene rings is 3. The summed E-state index contributed by atoms with van der Waals surface area (Å²) in [6, 6.07) is 8.97. The first kappa shape index (κ1) is 34.0. The van der Waals surface area contributed by atoms with E-state index in [0.717, 1.165) is 30.3 Å². The van der Waals surface area contributed by atoms with Crippen molar-refractivity contribution in [3.05, 3.63) is 99.4 Å². The first-order valence-corrected chi connectivity index (χ1v) is 14.9. The van der Waals surface area contributed by atoms with Crippen LogP contribution < -0.4 is 0 Å². The first-order valence-electron chi connectivity index (χ1n) is 14.9. The van der Waals surface area contributed by atoms with Crippen molar-refractivity contribution in [2.75, 3.05) is 6.54 Å². The Kier molecular flexibility index (Phi) is 8.70. The lowest BCUT2D eigenvalue weighted by Gasteiger charge is -2.35. The van der Waals surface area contributed by atoms with Gasteiger partial charge in [0, 0.05) is 12.1 Å². The minimum absolute atomic E-state index is 0.0243. The standard InChI is InChI=1S/C35H32F7NO4/c1-18-11-22(13-24(12-18)34(37,38)39)30-19(2)43(32(46)47-30)17-23-16-33(3,4)10-9-25(23)27-14-20(6-8-29(27)36)26-7-5-21(31(44)45)15-28(26)35(40,41)42/h5-8,11-15,19,30H,9-10,16-17H2,1-4H3,(H,44,45)/t19-,30-/m0/s1. The third-order valence-corrected chi connectivity index (χ3v) is 8.85. The monoisotopic (exact) mass is 663 g/mol. The molecule has 2 aliphatic rings. The molecule has 0 radical (unpaired) electrons. The van der Waals surface area contributed by atoms with Crippen molar-refractivity contribution in [3.8, 4) is 11.1 Å². The van der Waals surface area contributed by atoms with Crippen LogP contribution in [0.3, 0.4) is 0 Å². The Hall–Kier alpha value is -4.35. The van der Waals surface area contributed by atoms with E-state index < -0.39 is 59.1 Å². The van der Waals surface area contributed by atoms with Gasteiger partial charge in [-0.2, -0.15) is 26.3 Å². The molecule has 5 rings (SSSR count). The summed E-state index contributed by atoms with van der Waals surface area (Å²) in [4.78, 5) is 25.9. The van der Waals surface area contributed by atoms with Crippen LogP contribution in [0.2, 0.25) is 0 Å². The van der Waals surface area contributed by atoms with E-state index >= 15 is 4.39 Å². The molecule has 1 heterocycles. The van der Waals surface area contributed by atoms with Crippen LogP contribution in [0.15, 0.2) is 60.2 Å². The second-order valence-electron chi connectivity index (χ2n) is 13.0. The van der Waals surface area contributed by atoms with Crippen LogP contribution in [0.25, 0.3) is 16.7 Å². The number of halogens is 7. The number of aromatic carboxylic acids is 1. The highest BCUT2D eigenvalue weighted by Crippen LogP contribution is 2.46. The third kappa shape index (κ3) is 7.01. The number of hydrogen-bond acceptors (Lipinski definition) is 3. The van der Waals surface area contributed by atoms with Gasteiger partial charge in [0.05, 0.1) is 22.7 Å². The summed E-state index contributed by atoms with van der Waals surface area (Å²) < 4.78 is 104. The molecule has 0 spiro atoms. The summed E-state index contributed by atoms with van der Waals surface area (Å²) >= 11 is 0. The van der Waals surface area contributed by atoms with Crippen molar-refractivity contribution in [3.63, 3.8) is 0 Å². The second kappa shape index (κ2) is 12.0.